The topological polar surface area (TPSA) is 94.6 Å². The van der Waals surface area contributed by atoms with E-state index in [1.165, 1.54) is 35.8 Å². The summed E-state index contributed by atoms with van der Waals surface area (Å²) in [6.07, 6.45) is 0.356. The van der Waals surface area contributed by atoms with E-state index in [2.05, 4.69) is 10.3 Å². The van der Waals surface area contributed by atoms with Gasteiger partial charge in [0.2, 0.25) is 0 Å². The van der Waals surface area contributed by atoms with E-state index in [1.807, 2.05) is 30.3 Å². The molecule has 0 fully saturated rings. The van der Waals surface area contributed by atoms with Gasteiger partial charge in [0, 0.05) is 10.9 Å². The van der Waals surface area contributed by atoms with Gasteiger partial charge >= 0.3 is 11.9 Å². The summed E-state index contributed by atoms with van der Waals surface area (Å²) in [6, 6.07) is 9.35. The molecular weight excluding hydrogens is 424 g/mol. The fourth-order valence-corrected chi connectivity index (χ4v) is 4.25. The summed E-state index contributed by atoms with van der Waals surface area (Å²) in [4.78, 5) is 41.7. The molecule has 0 radical (unpaired) electrons. The first kappa shape index (κ1) is 21.7. The van der Waals surface area contributed by atoms with Crippen molar-refractivity contribution < 1.29 is 23.9 Å². The summed E-state index contributed by atoms with van der Waals surface area (Å²) < 4.78 is 10.4. The Morgan fingerprint density at radius 2 is 1.90 bits per heavy atom. The molecule has 1 N–H and O–H groups in total. The van der Waals surface area contributed by atoms with Gasteiger partial charge in [-0.15, -0.1) is 22.7 Å². The number of anilines is 1. The van der Waals surface area contributed by atoms with Crippen molar-refractivity contribution in [3.05, 3.63) is 57.4 Å². The van der Waals surface area contributed by atoms with E-state index in [9.17, 15) is 14.4 Å². The molecule has 1 atom stereocenters. The summed E-state index contributed by atoms with van der Waals surface area (Å²) >= 11 is 2.40. The predicted octanol–water partition coefficient (Wildman–Crippen LogP) is 4.54. The number of aromatic nitrogens is 1. The van der Waals surface area contributed by atoms with E-state index in [1.54, 1.807) is 19.2 Å². The van der Waals surface area contributed by atoms with E-state index >= 15 is 0 Å². The van der Waals surface area contributed by atoms with E-state index in [-0.39, 0.29) is 12.2 Å². The van der Waals surface area contributed by atoms with Crippen LogP contribution in [0.5, 0.6) is 0 Å². The van der Waals surface area contributed by atoms with Crippen molar-refractivity contribution in [1.29, 1.82) is 0 Å². The van der Waals surface area contributed by atoms with Gasteiger partial charge in [-0.1, -0.05) is 30.3 Å². The second-order valence-electron chi connectivity index (χ2n) is 6.22. The van der Waals surface area contributed by atoms with Crippen LogP contribution in [0.3, 0.4) is 0 Å². The van der Waals surface area contributed by atoms with Crippen LogP contribution in [0, 0.1) is 6.92 Å². The highest BCUT2D eigenvalue weighted by Gasteiger charge is 2.26. The number of nitrogens with one attached hydrogen (secondary N) is 1. The van der Waals surface area contributed by atoms with Crippen LogP contribution >= 0.6 is 22.7 Å². The highest BCUT2D eigenvalue weighted by Crippen LogP contribution is 2.36. The van der Waals surface area contributed by atoms with Gasteiger partial charge in [0.05, 0.1) is 17.8 Å². The highest BCUT2D eigenvalue weighted by atomic mass is 32.1. The quantitative estimate of drug-likeness (QED) is 0.538. The lowest BCUT2D eigenvalue weighted by molar-refractivity contribution is -0.123. The number of benzene rings is 1. The molecule has 2 aromatic heterocycles. The molecule has 1 amide bonds. The fraction of sp³-hybridized carbons (Fsp3) is 0.238. The molecule has 0 spiro atoms. The zero-order valence-corrected chi connectivity index (χ0v) is 18.3. The Morgan fingerprint density at radius 3 is 2.53 bits per heavy atom. The third kappa shape index (κ3) is 4.92. The Morgan fingerprint density at radius 1 is 1.17 bits per heavy atom. The molecule has 3 aromatic rings. The third-order valence-corrected chi connectivity index (χ3v) is 5.86. The van der Waals surface area contributed by atoms with Gasteiger partial charge < -0.3 is 14.8 Å². The predicted molar refractivity (Wildman–Crippen MR) is 116 cm³/mol. The Kier molecular flexibility index (Phi) is 6.96. The van der Waals surface area contributed by atoms with Crippen molar-refractivity contribution in [2.45, 2.75) is 26.9 Å². The number of amides is 1. The van der Waals surface area contributed by atoms with Crippen LogP contribution in [0.25, 0.3) is 11.1 Å². The summed E-state index contributed by atoms with van der Waals surface area (Å²) in [5.74, 6) is -1.70. The van der Waals surface area contributed by atoms with Gasteiger partial charge in [0.1, 0.15) is 15.4 Å². The SMILES string of the molecule is CCOC(=O)c1c(-c2ccccc2)csc1NC(=O)C(C)OC(=O)c1cnc(C)s1. The van der Waals surface area contributed by atoms with Crippen LogP contribution in [0.2, 0.25) is 0 Å². The molecule has 1 unspecified atom stereocenters. The number of hydrogen-bond acceptors (Lipinski definition) is 8. The second kappa shape index (κ2) is 9.64. The molecule has 0 saturated heterocycles. The van der Waals surface area contributed by atoms with Crippen LogP contribution in [0.1, 0.15) is 38.9 Å². The zero-order valence-electron chi connectivity index (χ0n) is 16.6. The standard InChI is InChI=1S/C21H20N2O5S2/c1-4-27-21(26)17-15(14-8-6-5-7-9-14)11-29-19(17)23-18(24)12(2)28-20(25)16-10-22-13(3)30-16/h5-12H,4H2,1-3H3,(H,23,24). The normalized spacial score (nSPS) is 11.6. The van der Waals surface area contributed by atoms with E-state index in [4.69, 9.17) is 9.47 Å². The molecule has 7 nitrogen and oxygen atoms in total. The number of carbonyl (C=O) groups excluding carboxylic acids is 3. The van der Waals surface area contributed by atoms with Crippen molar-refractivity contribution >= 4 is 45.5 Å². The Balaban J connectivity index is 1.79. The molecule has 156 valence electrons. The van der Waals surface area contributed by atoms with Crippen LogP contribution in [0.15, 0.2) is 41.9 Å². The number of hydrogen-bond donors (Lipinski definition) is 1. The number of esters is 2. The first-order valence-electron chi connectivity index (χ1n) is 9.19. The Hall–Kier alpha value is -3.04. The van der Waals surface area contributed by atoms with Gasteiger partial charge in [-0.3, -0.25) is 4.79 Å². The smallest absolute Gasteiger partial charge is 0.350 e. The lowest BCUT2D eigenvalue weighted by atomic mass is 10.0. The van der Waals surface area contributed by atoms with Crippen LogP contribution in [-0.2, 0) is 14.3 Å². The first-order valence-corrected chi connectivity index (χ1v) is 10.9. The lowest BCUT2D eigenvalue weighted by Crippen LogP contribution is -2.30. The molecule has 2 heterocycles. The highest BCUT2D eigenvalue weighted by molar-refractivity contribution is 7.15. The number of rotatable bonds is 7. The number of nitrogens with zero attached hydrogens (tertiary/aromatic N) is 1. The average molecular weight is 445 g/mol. The van der Waals surface area contributed by atoms with Crippen molar-refractivity contribution in [3.63, 3.8) is 0 Å². The fourth-order valence-electron chi connectivity index (χ4n) is 2.63. The Bertz CT molecular complexity index is 1060. The Labute approximate surface area is 181 Å². The minimum atomic E-state index is -1.06. The first-order chi connectivity index (χ1) is 14.4. The molecule has 9 heteroatoms. The molecule has 0 aliphatic heterocycles. The summed E-state index contributed by atoms with van der Waals surface area (Å²) in [6.45, 7) is 5.17. The van der Waals surface area contributed by atoms with E-state index < -0.39 is 23.9 Å². The maximum Gasteiger partial charge on any atom is 0.350 e. The van der Waals surface area contributed by atoms with Gasteiger partial charge in [-0.2, -0.15) is 0 Å². The minimum Gasteiger partial charge on any atom is -0.462 e. The third-order valence-electron chi connectivity index (χ3n) is 4.07. The summed E-state index contributed by atoms with van der Waals surface area (Å²) in [7, 11) is 0. The molecule has 1 aromatic carbocycles. The monoisotopic (exact) mass is 444 g/mol. The van der Waals surface area contributed by atoms with Gasteiger partial charge in [-0.05, 0) is 26.3 Å². The molecular formula is C21H20N2O5S2. The molecule has 30 heavy (non-hydrogen) atoms. The van der Waals surface area contributed by atoms with Gasteiger partial charge in [0.25, 0.3) is 5.91 Å². The molecule has 0 bridgehead atoms. The number of thiazole rings is 1. The average Bonchev–Trinajstić information content (AvgIpc) is 3.35. The van der Waals surface area contributed by atoms with Crippen molar-refractivity contribution in [3.8, 4) is 11.1 Å². The lowest BCUT2D eigenvalue weighted by Gasteiger charge is -2.13. The molecule has 0 aliphatic carbocycles. The summed E-state index contributed by atoms with van der Waals surface area (Å²) in [5.41, 5.74) is 1.77. The minimum absolute atomic E-state index is 0.207. The van der Waals surface area contributed by atoms with Crippen LogP contribution in [-0.4, -0.2) is 35.5 Å². The van der Waals surface area contributed by atoms with Gasteiger partial charge in [0.15, 0.2) is 6.10 Å². The zero-order chi connectivity index (χ0) is 21.7. The largest absolute Gasteiger partial charge is 0.462 e. The van der Waals surface area contributed by atoms with Crippen molar-refractivity contribution in [2.24, 2.45) is 0 Å². The number of ether oxygens (including phenoxy) is 2. The maximum absolute atomic E-state index is 12.6. The number of aryl methyl sites for hydroxylation is 1. The van der Waals surface area contributed by atoms with Crippen LogP contribution < -0.4 is 5.32 Å². The second-order valence-corrected chi connectivity index (χ2v) is 8.33. The molecule has 0 aliphatic rings. The van der Waals surface area contributed by atoms with Gasteiger partial charge in [-0.25, -0.2) is 14.6 Å². The van der Waals surface area contributed by atoms with Crippen LogP contribution in [0.4, 0.5) is 5.00 Å². The van der Waals surface area contributed by atoms with Crippen molar-refractivity contribution in [2.75, 3.05) is 11.9 Å². The van der Waals surface area contributed by atoms with E-state index in [0.717, 1.165) is 10.6 Å². The number of thiophene rings is 1. The maximum atomic E-state index is 12.6. The summed E-state index contributed by atoms with van der Waals surface area (Å²) in [5, 5.41) is 5.55. The molecule has 0 saturated carbocycles. The number of carbonyl (C=O) groups is 3. The molecule has 3 rings (SSSR count). The van der Waals surface area contributed by atoms with E-state index in [0.29, 0.717) is 15.4 Å². The van der Waals surface area contributed by atoms with Crippen molar-refractivity contribution in [1.82, 2.24) is 4.98 Å².